The number of hydrogen-bond acceptors (Lipinski definition) is 5. The van der Waals surface area contributed by atoms with Gasteiger partial charge >= 0.3 is 0 Å². The maximum atomic E-state index is 11.1. The van der Waals surface area contributed by atoms with Crippen molar-refractivity contribution in [2.75, 3.05) is 24.7 Å². The van der Waals surface area contributed by atoms with E-state index in [1.165, 1.54) is 19.3 Å². The Labute approximate surface area is 105 Å². The summed E-state index contributed by atoms with van der Waals surface area (Å²) in [6, 6.07) is 3.39. The van der Waals surface area contributed by atoms with Gasteiger partial charge in [-0.15, -0.1) is 0 Å². The number of sulfonamides is 1. The second-order valence-corrected chi connectivity index (χ2v) is 5.51. The van der Waals surface area contributed by atoms with E-state index in [2.05, 4.69) is 15.0 Å². The van der Waals surface area contributed by atoms with Crippen LogP contribution in [-0.2, 0) is 10.0 Å². The highest BCUT2D eigenvalue weighted by molar-refractivity contribution is 7.89. The smallest absolute Gasteiger partial charge is 0.213 e. The van der Waals surface area contributed by atoms with E-state index in [4.69, 9.17) is 16.9 Å². The lowest BCUT2D eigenvalue weighted by Crippen LogP contribution is -2.26. The fourth-order valence-electron chi connectivity index (χ4n) is 1.06. The zero-order chi connectivity index (χ0) is 12.9. The van der Waals surface area contributed by atoms with Crippen molar-refractivity contribution in [3.63, 3.8) is 0 Å². The predicted octanol–water partition coefficient (Wildman–Crippen LogP) is 0.568. The van der Waals surface area contributed by atoms with Crippen LogP contribution in [0.25, 0.3) is 0 Å². The Kier molecular flexibility index (Phi) is 4.69. The molecule has 1 heterocycles. The molecule has 0 aliphatic heterocycles. The van der Waals surface area contributed by atoms with Crippen LogP contribution in [0.4, 0.5) is 5.82 Å². The first-order valence-electron chi connectivity index (χ1n) is 4.70. The molecule has 0 atom stereocenters. The molecule has 0 aliphatic carbocycles. The quantitative estimate of drug-likeness (QED) is 0.818. The molecule has 92 valence electrons. The molecule has 0 saturated carbocycles. The molecule has 0 saturated heterocycles. The number of nitrogens with one attached hydrogen (secondary N) is 2. The van der Waals surface area contributed by atoms with E-state index in [0.717, 1.165) is 0 Å². The Morgan fingerprint density at radius 3 is 2.88 bits per heavy atom. The molecule has 8 heteroatoms. The van der Waals surface area contributed by atoms with E-state index in [1.54, 1.807) is 0 Å². The minimum atomic E-state index is -3.27. The molecule has 0 aromatic carbocycles. The second-order valence-electron chi connectivity index (χ2n) is 3.08. The molecule has 1 rings (SSSR count). The monoisotopic (exact) mass is 274 g/mol. The van der Waals surface area contributed by atoms with E-state index < -0.39 is 10.0 Å². The second kappa shape index (κ2) is 5.82. The molecule has 1 aromatic rings. The molecule has 0 radical (unpaired) electrons. The summed E-state index contributed by atoms with van der Waals surface area (Å²) in [6.45, 7) is 0.158. The summed E-state index contributed by atoms with van der Waals surface area (Å²) >= 11 is 5.88. The predicted molar refractivity (Wildman–Crippen MR) is 65.3 cm³/mol. The molecule has 0 fully saturated rings. The van der Waals surface area contributed by atoms with Crippen LogP contribution >= 0.6 is 11.6 Å². The molecule has 0 aliphatic rings. The van der Waals surface area contributed by atoms with Gasteiger partial charge in [-0.25, -0.2) is 18.1 Å². The third kappa shape index (κ3) is 3.85. The van der Waals surface area contributed by atoms with Crippen molar-refractivity contribution in [1.29, 1.82) is 5.26 Å². The molecule has 0 spiro atoms. The molecule has 1 aromatic heterocycles. The number of nitrogens with zero attached hydrogens (tertiary/aromatic N) is 2. The van der Waals surface area contributed by atoms with Gasteiger partial charge in [-0.3, -0.25) is 0 Å². The SMILES string of the molecule is CNS(=O)(=O)CCNc1nccc(C#N)c1Cl. The van der Waals surface area contributed by atoms with Crippen molar-refractivity contribution in [2.24, 2.45) is 0 Å². The molecule has 0 amide bonds. The van der Waals surface area contributed by atoms with Gasteiger partial charge in [0.1, 0.15) is 16.9 Å². The van der Waals surface area contributed by atoms with Crippen LogP contribution in [0, 0.1) is 11.3 Å². The van der Waals surface area contributed by atoms with Crippen LogP contribution < -0.4 is 10.0 Å². The Morgan fingerprint density at radius 2 is 2.29 bits per heavy atom. The van der Waals surface area contributed by atoms with Gasteiger partial charge in [0.2, 0.25) is 10.0 Å². The number of rotatable bonds is 5. The molecule has 6 nitrogen and oxygen atoms in total. The fourth-order valence-corrected chi connectivity index (χ4v) is 1.85. The van der Waals surface area contributed by atoms with Crippen LogP contribution in [0.1, 0.15) is 5.56 Å². The third-order valence-electron chi connectivity index (χ3n) is 1.98. The van der Waals surface area contributed by atoms with Gasteiger partial charge < -0.3 is 5.32 Å². The van der Waals surface area contributed by atoms with Crippen molar-refractivity contribution >= 4 is 27.4 Å². The topological polar surface area (TPSA) is 94.9 Å². The largest absolute Gasteiger partial charge is 0.368 e. The van der Waals surface area contributed by atoms with Crippen molar-refractivity contribution in [3.05, 3.63) is 22.8 Å². The standard InChI is InChI=1S/C9H11ClN4O2S/c1-12-17(15,16)5-4-14-9-8(10)7(6-11)2-3-13-9/h2-3,12H,4-5H2,1H3,(H,13,14). The van der Waals surface area contributed by atoms with Crippen molar-refractivity contribution < 1.29 is 8.42 Å². The lowest BCUT2D eigenvalue weighted by Gasteiger charge is -2.07. The van der Waals surface area contributed by atoms with Gasteiger partial charge in [0.05, 0.1) is 11.3 Å². The normalized spacial score (nSPS) is 10.9. The Bertz CT molecular complexity index is 538. The van der Waals surface area contributed by atoms with E-state index in [1.807, 2.05) is 6.07 Å². The van der Waals surface area contributed by atoms with Crippen molar-refractivity contribution in [1.82, 2.24) is 9.71 Å². The maximum absolute atomic E-state index is 11.1. The van der Waals surface area contributed by atoms with Gasteiger partial charge in [-0.2, -0.15) is 5.26 Å². The van der Waals surface area contributed by atoms with E-state index in [-0.39, 0.29) is 17.3 Å². The van der Waals surface area contributed by atoms with Gasteiger partial charge in [-0.05, 0) is 13.1 Å². The van der Waals surface area contributed by atoms with Crippen molar-refractivity contribution in [3.8, 4) is 6.07 Å². The summed E-state index contributed by atoms with van der Waals surface area (Å²) in [6.07, 6.45) is 1.43. The summed E-state index contributed by atoms with van der Waals surface area (Å²) < 4.78 is 24.5. The summed E-state index contributed by atoms with van der Waals surface area (Å²) in [5.41, 5.74) is 0.292. The number of aromatic nitrogens is 1. The number of pyridine rings is 1. The summed E-state index contributed by atoms with van der Waals surface area (Å²) in [5, 5.41) is 11.7. The Morgan fingerprint density at radius 1 is 1.59 bits per heavy atom. The molecular formula is C9H11ClN4O2S. The number of nitriles is 1. The zero-order valence-corrected chi connectivity index (χ0v) is 10.6. The minimum Gasteiger partial charge on any atom is -0.368 e. The van der Waals surface area contributed by atoms with Crippen LogP contribution in [0.2, 0.25) is 5.02 Å². The number of hydrogen-bond donors (Lipinski definition) is 2. The molecular weight excluding hydrogens is 264 g/mol. The van der Waals surface area contributed by atoms with Gasteiger partial charge in [-0.1, -0.05) is 11.6 Å². The van der Waals surface area contributed by atoms with E-state index >= 15 is 0 Å². The number of halogens is 1. The number of anilines is 1. The summed E-state index contributed by atoms with van der Waals surface area (Å²) in [7, 11) is -1.92. The highest BCUT2D eigenvalue weighted by Crippen LogP contribution is 2.22. The third-order valence-corrected chi connectivity index (χ3v) is 3.73. The first-order valence-corrected chi connectivity index (χ1v) is 6.73. The lowest BCUT2D eigenvalue weighted by atomic mass is 10.3. The highest BCUT2D eigenvalue weighted by atomic mass is 35.5. The van der Waals surface area contributed by atoms with Gasteiger partial charge in [0.15, 0.2) is 0 Å². The molecule has 0 bridgehead atoms. The lowest BCUT2D eigenvalue weighted by molar-refractivity contribution is 0.588. The fraction of sp³-hybridized carbons (Fsp3) is 0.333. The highest BCUT2D eigenvalue weighted by Gasteiger charge is 2.09. The van der Waals surface area contributed by atoms with Crippen molar-refractivity contribution in [2.45, 2.75) is 0 Å². The Hall–Kier alpha value is -1.36. The average molecular weight is 275 g/mol. The van der Waals surface area contributed by atoms with E-state index in [9.17, 15) is 8.42 Å². The minimum absolute atomic E-state index is 0.0989. The van der Waals surface area contributed by atoms with Crippen LogP contribution in [-0.4, -0.2) is 32.7 Å². The van der Waals surface area contributed by atoms with Crippen LogP contribution in [0.5, 0.6) is 0 Å². The van der Waals surface area contributed by atoms with Crippen LogP contribution in [0.15, 0.2) is 12.3 Å². The van der Waals surface area contributed by atoms with E-state index in [0.29, 0.717) is 11.4 Å². The summed E-state index contributed by atoms with van der Waals surface area (Å²) in [4.78, 5) is 3.92. The summed E-state index contributed by atoms with van der Waals surface area (Å²) in [5.74, 6) is 0.204. The zero-order valence-electron chi connectivity index (χ0n) is 9.07. The molecule has 2 N–H and O–H groups in total. The first kappa shape index (κ1) is 13.7. The first-order chi connectivity index (χ1) is 8.00. The molecule has 0 unspecified atom stereocenters. The van der Waals surface area contributed by atoms with Gasteiger partial charge in [0.25, 0.3) is 0 Å². The Balaban J connectivity index is 2.69. The average Bonchev–Trinajstić information content (AvgIpc) is 2.31. The van der Waals surface area contributed by atoms with Crippen LogP contribution in [0.3, 0.4) is 0 Å². The maximum Gasteiger partial charge on any atom is 0.213 e. The van der Waals surface area contributed by atoms with Gasteiger partial charge in [0, 0.05) is 12.7 Å². The molecule has 17 heavy (non-hydrogen) atoms.